The summed E-state index contributed by atoms with van der Waals surface area (Å²) >= 11 is 5.53. The van der Waals surface area contributed by atoms with Crippen LogP contribution in [-0.2, 0) is 9.59 Å². The van der Waals surface area contributed by atoms with E-state index in [9.17, 15) is 9.59 Å². The van der Waals surface area contributed by atoms with E-state index < -0.39 is 12.0 Å². The molecule has 0 aromatic heterocycles. The molecule has 80 valence electrons. The van der Waals surface area contributed by atoms with Crippen molar-refractivity contribution in [1.82, 2.24) is 4.90 Å². The first-order valence-corrected chi connectivity index (χ1v) is 5.85. The Morgan fingerprint density at radius 2 is 2.29 bits per heavy atom. The first kappa shape index (κ1) is 11.7. The highest BCUT2D eigenvalue weighted by molar-refractivity contribution is 8.11. The van der Waals surface area contributed by atoms with Gasteiger partial charge in [-0.05, 0) is 5.92 Å². The third kappa shape index (κ3) is 2.17. The second kappa shape index (κ2) is 4.44. The molecule has 1 N–H and O–H groups in total. The van der Waals surface area contributed by atoms with E-state index in [1.165, 1.54) is 16.7 Å². The van der Waals surface area contributed by atoms with Crippen LogP contribution in [0, 0.1) is 5.92 Å². The maximum absolute atomic E-state index is 11.4. The highest BCUT2D eigenvalue weighted by atomic mass is 32.2. The zero-order valence-corrected chi connectivity index (χ0v) is 9.72. The summed E-state index contributed by atoms with van der Waals surface area (Å²) in [6.45, 7) is 3.57. The van der Waals surface area contributed by atoms with E-state index in [4.69, 9.17) is 5.11 Å². The van der Waals surface area contributed by atoms with E-state index in [0.717, 1.165) is 0 Å². The summed E-state index contributed by atoms with van der Waals surface area (Å²) in [6, 6.07) is -0.764. The van der Waals surface area contributed by atoms with E-state index >= 15 is 0 Å². The molecular weight excluding hydrogens is 222 g/mol. The number of carboxylic acid groups (broad SMARTS) is 1. The quantitative estimate of drug-likeness (QED) is 0.713. The molecule has 2 atom stereocenters. The summed E-state index contributed by atoms with van der Waals surface area (Å²) in [4.78, 5) is 23.8. The molecule has 0 saturated carbocycles. The van der Waals surface area contributed by atoms with E-state index in [-0.39, 0.29) is 16.5 Å². The first-order chi connectivity index (χ1) is 6.45. The van der Waals surface area contributed by atoms with Gasteiger partial charge in [0.2, 0.25) is 5.91 Å². The van der Waals surface area contributed by atoms with Gasteiger partial charge in [-0.15, -0.1) is 24.4 Å². The third-order valence-corrected chi connectivity index (χ3v) is 3.70. The van der Waals surface area contributed by atoms with Gasteiger partial charge < -0.3 is 10.0 Å². The van der Waals surface area contributed by atoms with Crippen molar-refractivity contribution in [3.05, 3.63) is 0 Å². The fourth-order valence-corrected chi connectivity index (χ4v) is 2.79. The standard InChI is InChI=1S/C8H13NO3S2/c1-4(2)6(7(11)12)9-5(10)3-14-8(9)13/h4,6,8,13H,3H2,1-2H3,(H,11,12). The lowest BCUT2D eigenvalue weighted by Gasteiger charge is -2.29. The van der Waals surface area contributed by atoms with E-state index in [1.54, 1.807) is 13.8 Å². The molecule has 1 saturated heterocycles. The average molecular weight is 235 g/mol. The number of carboxylic acids is 1. The molecule has 4 nitrogen and oxygen atoms in total. The zero-order chi connectivity index (χ0) is 10.9. The first-order valence-electron chi connectivity index (χ1n) is 4.28. The highest BCUT2D eigenvalue weighted by Crippen LogP contribution is 2.31. The Morgan fingerprint density at radius 3 is 2.57 bits per heavy atom. The van der Waals surface area contributed by atoms with Gasteiger partial charge in [0.25, 0.3) is 0 Å². The Balaban J connectivity index is 2.87. The Labute approximate surface area is 92.4 Å². The minimum atomic E-state index is -0.963. The van der Waals surface area contributed by atoms with Crippen molar-refractivity contribution in [3.8, 4) is 0 Å². The predicted octanol–water partition coefficient (Wildman–Crippen LogP) is 0.884. The summed E-state index contributed by atoms with van der Waals surface area (Å²) in [7, 11) is 0. The smallest absolute Gasteiger partial charge is 0.326 e. The summed E-state index contributed by atoms with van der Waals surface area (Å²) in [5.41, 5.74) is 0. The van der Waals surface area contributed by atoms with Crippen LogP contribution in [0.1, 0.15) is 13.8 Å². The van der Waals surface area contributed by atoms with Crippen LogP contribution < -0.4 is 0 Å². The number of aliphatic carboxylic acids is 1. The predicted molar refractivity (Wildman–Crippen MR) is 58.3 cm³/mol. The Bertz CT molecular complexity index is 257. The molecule has 0 aromatic rings. The van der Waals surface area contributed by atoms with Gasteiger partial charge in [0, 0.05) is 0 Å². The second-order valence-corrected chi connectivity index (χ2v) is 5.37. The molecule has 1 amide bonds. The molecule has 0 spiro atoms. The molecule has 1 fully saturated rings. The third-order valence-electron chi connectivity index (χ3n) is 2.07. The van der Waals surface area contributed by atoms with Crippen LogP contribution in [0.3, 0.4) is 0 Å². The molecule has 0 radical (unpaired) electrons. The Kier molecular flexibility index (Phi) is 3.71. The summed E-state index contributed by atoms with van der Waals surface area (Å²) < 4.78 is -0.328. The van der Waals surface area contributed by atoms with E-state index in [1.807, 2.05) is 0 Å². The van der Waals surface area contributed by atoms with Crippen LogP contribution in [0.5, 0.6) is 0 Å². The van der Waals surface area contributed by atoms with Crippen LogP contribution in [0.4, 0.5) is 0 Å². The maximum Gasteiger partial charge on any atom is 0.326 e. The number of amides is 1. The van der Waals surface area contributed by atoms with Crippen molar-refractivity contribution in [3.63, 3.8) is 0 Å². The normalized spacial score (nSPS) is 24.4. The molecule has 1 aliphatic rings. The van der Waals surface area contributed by atoms with Crippen LogP contribution in [0.2, 0.25) is 0 Å². The van der Waals surface area contributed by atoms with Gasteiger partial charge in [-0.3, -0.25) is 4.79 Å². The number of hydrogen-bond donors (Lipinski definition) is 2. The minimum absolute atomic E-state index is 0.107. The topological polar surface area (TPSA) is 57.6 Å². The lowest BCUT2D eigenvalue weighted by Crippen LogP contribution is -2.47. The number of thioether (sulfide) groups is 1. The molecule has 0 aromatic carbocycles. The summed E-state index contributed by atoms with van der Waals surface area (Å²) in [6.07, 6.45) is 0. The van der Waals surface area contributed by atoms with Crippen molar-refractivity contribution >= 4 is 36.3 Å². The second-order valence-electron chi connectivity index (χ2n) is 3.47. The Morgan fingerprint density at radius 1 is 1.71 bits per heavy atom. The molecular formula is C8H13NO3S2. The molecule has 0 aliphatic carbocycles. The van der Waals surface area contributed by atoms with Crippen LogP contribution in [0.25, 0.3) is 0 Å². The minimum Gasteiger partial charge on any atom is -0.480 e. The van der Waals surface area contributed by atoms with Crippen molar-refractivity contribution in [2.75, 3.05) is 5.75 Å². The molecule has 1 aliphatic heterocycles. The van der Waals surface area contributed by atoms with Crippen molar-refractivity contribution in [1.29, 1.82) is 0 Å². The van der Waals surface area contributed by atoms with Gasteiger partial charge in [0.05, 0.1) is 5.75 Å². The number of rotatable bonds is 3. The van der Waals surface area contributed by atoms with Crippen LogP contribution in [-0.4, -0.2) is 38.4 Å². The molecule has 2 unspecified atom stereocenters. The molecule has 0 bridgehead atoms. The molecule has 1 heterocycles. The van der Waals surface area contributed by atoms with Crippen LogP contribution >= 0.6 is 24.4 Å². The fourth-order valence-electron chi connectivity index (χ4n) is 1.44. The van der Waals surface area contributed by atoms with Gasteiger partial charge in [0.1, 0.15) is 10.7 Å². The van der Waals surface area contributed by atoms with E-state index in [0.29, 0.717) is 5.75 Å². The molecule has 14 heavy (non-hydrogen) atoms. The number of nitrogens with zero attached hydrogens (tertiary/aromatic N) is 1. The number of thiol groups is 1. The molecule has 6 heteroatoms. The van der Waals surface area contributed by atoms with Gasteiger partial charge in [-0.25, -0.2) is 4.79 Å². The lowest BCUT2D eigenvalue weighted by atomic mass is 10.0. The monoisotopic (exact) mass is 235 g/mol. The number of carbonyl (C=O) groups is 2. The van der Waals surface area contributed by atoms with Crippen molar-refractivity contribution in [2.24, 2.45) is 5.92 Å². The number of carbonyl (C=O) groups excluding carboxylic acids is 1. The zero-order valence-electron chi connectivity index (χ0n) is 8.01. The largest absolute Gasteiger partial charge is 0.480 e. The van der Waals surface area contributed by atoms with Gasteiger partial charge in [0.15, 0.2) is 0 Å². The number of hydrogen-bond acceptors (Lipinski definition) is 4. The van der Waals surface area contributed by atoms with Gasteiger partial charge >= 0.3 is 5.97 Å². The van der Waals surface area contributed by atoms with Crippen LogP contribution in [0.15, 0.2) is 0 Å². The van der Waals surface area contributed by atoms with E-state index in [2.05, 4.69) is 12.6 Å². The van der Waals surface area contributed by atoms with Gasteiger partial charge in [-0.2, -0.15) is 0 Å². The Hall–Kier alpha value is -0.360. The highest BCUT2D eigenvalue weighted by Gasteiger charge is 2.39. The van der Waals surface area contributed by atoms with Crippen molar-refractivity contribution in [2.45, 2.75) is 24.6 Å². The fraction of sp³-hybridized carbons (Fsp3) is 0.750. The lowest BCUT2D eigenvalue weighted by molar-refractivity contribution is -0.150. The van der Waals surface area contributed by atoms with Gasteiger partial charge in [-0.1, -0.05) is 13.8 Å². The SMILES string of the molecule is CC(C)C(C(=O)O)N1C(=O)CSC1S. The maximum atomic E-state index is 11.4. The summed E-state index contributed by atoms with van der Waals surface area (Å²) in [5.74, 6) is -0.888. The summed E-state index contributed by atoms with van der Waals surface area (Å²) in [5, 5.41) is 9.00. The average Bonchev–Trinajstić information content (AvgIpc) is 2.34. The van der Waals surface area contributed by atoms with Crippen molar-refractivity contribution < 1.29 is 14.7 Å². The molecule has 1 rings (SSSR count).